The summed E-state index contributed by atoms with van der Waals surface area (Å²) in [5, 5.41) is 5.87. The number of rotatable bonds is 6. The molecule has 1 fully saturated rings. The van der Waals surface area contributed by atoms with Crippen LogP contribution >= 0.6 is 28.1 Å². The standard InChI is InChI=1S/C20H22BrN3O3S/c21-16-3-7-18(8-4-16)27-14-19(25)23-20(28)22-17-5-1-15(2-6-17)13-24-9-11-26-12-10-24/h1-8H,9-14H2,(H2,22,23,25,28). The summed E-state index contributed by atoms with van der Waals surface area (Å²) in [6.07, 6.45) is 0. The minimum Gasteiger partial charge on any atom is -0.484 e. The summed E-state index contributed by atoms with van der Waals surface area (Å²) in [7, 11) is 0. The predicted octanol–water partition coefficient (Wildman–Crippen LogP) is 3.17. The van der Waals surface area contributed by atoms with Crippen molar-refractivity contribution in [1.82, 2.24) is 10.2 Å². The average Bonchev–Trinajstić information content (AvgIpc) is 2.70. The molecule has 0 bridgehead atoms. The van der Waals surface area contributed by atoms with Gasteiger partial charge in [-0.2, -0.15) is 0 Å². The Kier molecular flexibility index (Phi) is 7.79. The zero-order valence-corrected chi connectivity index (χ0v) is 17.7. The number of nitrogens with one attached hydrogen (secondary N) is 2. The number of carbonyl (C=O) groups excluding carboxylic acids is 1. The zero-order chi connectivity index (χ0) is 19.8. The van der Waals surface area contributed by atoms with Crippen molar-refractivity contribution < 1.29 is 14.3 Å². The number of benzene rings is 2. The van der Waals surface area contributed by atoms with Crippen molar-refractivity contribution in [1.29, 1.82) is 0 Å². The largest absolute Gasteiger partial charge is 0.484 e. The van der Waals surface area contributed by atoms with Crippen molar-refractivity contribution in [2.75, 3.05) is 38.2 Å². The number of thiocarbonyl (C=S) groups is 1. The second-order valence-electron chi connectivity index (χ2n) is 6.33. The van der Waals surface area contributed by atoms with Gasteiger partial charge >= 0.3 is 0 Å². The van der Waals surface area contributed by atoms with Gasteiger partial charge in [0.05, 0.1) is 13.2 Å². The van der Waals surface area contributed by atoms with Crippen LogP contribution in [-0.2, 0) is 16.1 Å². The first-order valence-corrected chi connectivity index (χ1v) is 10.2. The molecular weight excluding hydrogens is 442 g/mol. The molecule has 0 spiro atoms. The highest BCUT2D eigenvalue weighted by Crippen LogP contribution is 2.16. The van der Waals surface area contributed by atoms with Gasteiger partial charge in [-0.15, -0.1) is 0 Å². The van der Waals surface area contributed by atoms with E-state index in [2.05, 4.69) is 43.6 Å². The second-order valence-corrected chi connectivity index (χ2v) is 7.65. The summed E-state index contributed by atoms with van der Waals surface area (Å²) >= 11 is 8.55. The summed E-state index contributed by atoms with van der Waals surface area (Å²) < 4.78 is 11.7. The van der Waals surface area contributed by atoms with Crippen LogP contribution in [0.3, 0.4) is 0 Å². The first kappa shape index (κ1) is 20.7. The van der Waals surface area contributed by atoms with Gasteiger partial charge < -0.3 is 14.8 Å². The van der Waals surface area contributed by atoms with Crippen molar-refractivity contribution in [2.24, 2.45) is 0 Å². The molecule has 2 aromatic carbocycles. The van der Waals surface area contributed by atoms with Crippen LogP contribution in [0, 0.1) is 0 Å². The number of nitrogens with zero attached hydrogens (tertiary/aromatic N) is 1. The minimum atomic E-state index is -0.315. The SMILES string of the molecule is O=C(COc1ccc(Br)cc1)NC(=S)Nc1ccc(CN2CCOCC2)cc1. The number of halogens is 1. The lowest BCUT2D eigenvalue weighted by atomic mass is 10.2. The minimum absolute atomic E-state index is 0.109. The van der Waals surface area contributed by atoms with Crippen LogP contribution in [0.5, 0.6) is 5.75 Å². The van der Waals surface area contributed by atoms with Crippen molar-refractivity contribution in [3.8, 4) is 5.75 Å². The van der Waals surface area contributed by atoms with Crippen LogP contribution in [-0.4, -0.2) is 48.8 Å². The molecule has 8 heteroatoms. The van der Waals surface area contributed by atoms with Gasteiger partial charge in [0.1, 0.15) is 5.75 Å². The highest BCUT2D eigenvalue weighted by Gasteiger charge is 2.11. The summed E-state index contributed by atoms with van der Waals surface area (Å²) in [6.45, 7) is 4.29. The Hall–Kier alpha value is -2.00. The maximum atomic E-state index is 12.0. The van der Waals surface area contributed by atoms with Crippen LogP contribution < -0.4 is 15.4 Å². The van der Waals surface area contributed by atoms with Gasteiger partial charge in [0, 0.05) is 29.8 Å². The van der Waals surface area contributed by atoms with Crippen molar-refractivity contribution >= 4 is 44.9 Å². The van der Waals surface area contributed by atoms with Gasteiger partial charge in [-0.1, -0.05) is 28.1 Å². The van der Waals surface area contributed by atoms with E-state index in [-0.39, 0.29) is 17.6 Å². The van der Waals surface area contributed by atoms with Crippen molar-refractivity contribution in [3.05, 3.63) is 58.6 Å². The van der Waals surface area contributed by atoms with Gasteiger partial charge in [-0.05, 0) is 54.2 Å². The Balaban J connectivity index is 1.41. The molecule has 3 rings (SSSR count). The van der Waals surface area contributed by atoms with Crippen LogP contribution in [0.15, 0.2) is 53.0 Å². The molecule has 1 heterocycles. The summed E-state index contributed by atoms with van der Waals surface area (Å²) in [4.78, 5) is 14.3. The summed E-state index contributed by atoms with van der Waals surface area (Å²) in [5.74, 6) is 0.303. The van der Waals surface area contributed by atoms with Gasteiger partial charge in [0.15, 0.2) is 11.7 Å². The van der Waals surface area contributed by atoms with Crippen molar-refractivity contribution in [2.45, 2.75) is 6.54 Å². The predicted molar refractivity (Wildman–Crippen MR) is 117 cm³/mol. The second kappa shape index (κ2) is 10.5. The molecule has 0 saturated carbocycles. The molecule has 148 valence electrons. The highest BCUT2D eigenvalue weighted by molar-refractivity contribution is 9.10. The van der Waals surface area contributed by atoms with E-state index < -0.39 is 0 Å². The smallest absolute Gasteiger partial charge is 0.264 e. The zero-order valence-electron chi connectivity index (χ0n) is 15.3. The van der Waals surface area contributed by atoms with E-state index >= 15 is 0 Å². The summed E-state index contributed by atoms with van der Waals surface area (Å²) in [6, 6.07) is 15.3. The van der Waals surface area contributed by atoms with Gasteiger partial charge in [-0.25, -0.2) is 0 Å². The third kappa shape index (κ3) is 6.87. The number of hydrogen-bond acceptors (Lipinski definition) is 5. The molecule has 1 amide bonds. The Labute approximate surface area is 178 Å². The lowest BCUT2D eigenvalue weighted by molar-refractivity contribution is -0.121. The lowest BCUT2D eigenvalue weighted by Crippen LogP contribution is -2.37. The Morgan fingerprint density at radius 1 is 1.11 bits per heavy atom. The third-order valence-corrected chi connectivity index (χ3v) is 4.89. The molecule has 6 nitrogen and oxygen atoms in total. The number of carbonyl (C=O) groups is 1. The molecule has 0 aromatic heterocycles. The maximum Gasteiger partial charge on any atom is 0.264 e. The molecule has 1 aliphatic rings. The van der Waals surface area contributed by atoms with E-state index in [1.807, 2.05) is 24.3 Å². The van der Waals surface area contributed by atoms with Crippen molar-refractivity contribution in [3.63, 3.8) is 0 Å². The van der Waals surface area contributed by atoms with Gasteiger partial charge in [-0.3, -0.25) is 15.0 Å². The average molecular weight is 464 g/mol. The van der Waals surface area contributed by atoms with Crippen LogP contribution in [0.2, 0.25) is 0 Å². The Morgan fingerprint density at radius 2 is 1.79 bits per heavy atom. The molecule has 2 aromatic rings. The molecule has 2 N–H and O–H groups in total. The van der Waals surface area contributed by atoms with Gasteiger partial charge in [0.2, 0.25) is 0 Å². The van der Waals surface area contributed by atoms with Crippen LogP contribution in [0.25, 0.3) is 0 Å². The quantitative estimate of drug-likeness (QED) is 0.641. The number of anilines is 1. The number of amides is 1. The number of ether oxygens (including phenoxy) is 2. The molecule has 0 unspecified atom stereocenters. The lowest BCUT2D eigenvalue weighted by Gasteiger charge is -2.26. The number of hydrogen-bond donors (Lipinski definition) is 2. The molecule has 0 aliphatic carbocycles. The first-order valence-electron chi connectivity index (χ1n) is 8.97. The van der Waals surface area contributed by atoms with Crippen LogP contribution in [0.1, 0.15) is 5.56 Å². The van der Waals surface area contributed by atoms with E-state index in [9.17, 15) is 4.79 Å². The summed E-state index contributed by atoms with van der Waals surface area (Å²) in [5.41, 5.74) is 2.05. The van der Waals surface area contributed by atoms with E-state index in [0.29, 0.717) is 5.75 Å². The molecule has 0 atom stereocenters. The molecule has 1 aliphatic heterocycles. The fraction of sp³-hybridized carbons (Fsp3) is 0.300. The Morgan fingerprint density at radius 3 is 2.46 bits per heavy atom. The topological polar surface area (TPSA) is 62.8 Å². The normalized spacial score (nSPS) is 14.3. The van der Waals surface area contributed by atoms with Gasteiger partial charge in [0.25, 0.3) is 5.91 Å². The fourth-order valence-electron chi connectivity index (χ4n) is 2.72. The third-order valence-electron chi connectivity index (χ3n) is 4.16. The highest BCUT2D eigenvalue weighted by atomic mass is 79.9. The van der Waals surface area contributed by atoms with E-state index in [1.165, 1.54) is 5.56 Å². The van der Waals surface area contributed by atoms with Crippen LogP contribution in [0.4, 0.5) is 5.69 Å². The molecule has 0 radical (unpaired) electrons. The molecule has 1 saturated heterocycles. The van der Waals surface area contributed by atoms with E-state index in [4.69, 9.17) is 21.7 Å². The first-order chi connectivity index (χ1) is 13.6. The Bertz CT molecular complexity index is 793. The fourth-order valence-corrected chi connectivity index (χ4v) is 3.21. The monoisotopic (exact) mass is 463 g/mol. The maximum absolute atomic E-state index is 12.0. The van der Waals surface area contributed by atoms with E-state index in [1.54, 1.807) is 12.1 Å². The van der Waals surface area contributed by atoms with E-state index in [0.717, 1.165) is 43.0 Å². The number of morpholine rings is 1. The molecular formula is C20H22BrN3O3S. The molecule has 28 heavy (non-hydrogen) atoms.